The molecule has 7 rings (SSSR count). The average Bonchev–Trinajstić information content (AvgIpc) is 3.38. The highest BCUT2D eigenvalue weighted by Crippen LogP contribution is 2.45. The highest BCUT2D eigenvalue weighted by Gasteiger charge is 2.21. The lowest BCUT2D eigenvalue weighted by molar-refractivity contribution is 0.443. The van der Waals surface area contributed by atoms with E-state index in [2.05, 4.69) is 95.9 Å². The molecule has 0 bridgehead atoms. The molecule has 1 nitrogen and oxygen atoms in total. The maximum atomic E-state index is 2.50. The molecule has 1 heterocycles. The summed E-state index contributed by atoms with van der Waals surface area (Å²) < 4.78 is 2.71. The Hall–Kier alpha value is -3.10. The zero-order chi connectivity index (χ0) is 25.3. The van der Waals surface area contributed by atoms with E-state index in [-0.39, 0.29) is 0 Å². The number of benzene rings is 4. The minimum Gasteiger partial charge on any atom is -0.310 e. The Balaban J connectivity index is 1.34. The predicted molar refractivity (Wildman–Crippen MR) is 166 cm³/mol. The van der Waals surface area contributed by atoms with E-state index in [1.54, 1.807) is 0 Å². The maximum Gasteiger partial charge on any atom is 0.0554 e. The summed E-state index contributed by atoms with van der Waals surface area (Å²) in [7, 11) is 0. The van der Waals surface area contributed by atoms with E-state index < -0.39 is 0 Å². The van der Waals surface area contributed by atoms with Crippen molar-refractivity contribution in [3.8, 4) is 0 Å². The van der Waals surface area contributed by atoms with Gasteiger partial charge in [-0.3, -0.25) is 0 Å². The molecule has 38 heavy (non-hydrogen) atoms. The molecule has 2 heteroatoms. The molecule has 192 valence electrons. The highest BCUT2D eigenvalue weighted by molar-refractivity contribution is 7.26. The zero-order valence-corrected chi connectivity index (χ0v) is 23.1. The molecule has 0 unspecified atom stereocenters. The Bertz CT molecular complexity index is 1450. The van der Waals surface area contributed by atoms with E-state index in [0.717, 1.165) is 11.8 Å². The first-order chi connectivity index (χ1) is 18.8. The summed E-state index contributed by atoms with van der Waals surface area (Å²) in [4.78, 5) is 2.50. The van der Waals surface area contributed by atoms with Crippen LogP contribution in [0.25, 0.3) is 20.2 Å². The molecule has 2 saturated carbocycles. The van der Waals surface area contributed by atoms with Crippen LogP contribution in [0.3, 0.4) is 0 Å². The quantitative estimate of drug-likeness (QED) is 0.225. The van der Waals surface area contributed by atoms with Gasteiger partial charge in [-0.1, -0.05) is 87.1 Å². The minimum atomic E-state index is 0.727. The second-order valence-electron chi connectivity index (χ2n) is 11.4. The maximum absolute atomic E-state index is 2.50. The summed E-state index contributed by atoms with van der Waals surface area (Å²) in [5.74, 6) is 1.45. The van der Waals surface area contributed by atoms with Gasteiger partial charge >= 0.3 is 0 Å². The Labute approximate surface area is 231 Å². The van der Waals surface area contributed by atoms with E-state index in [1.165, 1.54) is 113 Å². The van der Waals surface area contributed by atoms with Crippen LogP contribution in [0, 0.1) is 0 Å². The SMILES string of the molecule is c1ccc2c(c1)sc1cccc(N(c3ccc(C4CCCCC4)cc3)c3ccc(C4CCCCC4)cc3)c12. The molecular formula is C36H37NS. The minimum absolute atomic E-state index is 0.727. The van der Waals surface area contributed by atoms with Gasteiger partial charge in [-0.15, -0.1) is 11.3 Å². The van der Waals surface area contributed by atoms with E-state index in [0.29, 0.717) is 0 Å². The van der Waals surface area contributed by atoms with Gasteiger partial charge in [0, 0.05) is 31.5 Å². The molecule has 4 aromatic carbocycles. The fourth-order valence-corrected chi connectivity index (χ4v) is 8.16. The Morgan fingerprint density at radius 1 is 0.500 bits per heavy atom. The molecule has 2 fully saturated rings. The third-order valence-electron chi connectivity index (χ3n) is 9.08. The topological polar surface area (TPSA) is 3.24 Å². The molecule has 0 saturated heterocycles. The zero-order valence-electron chi connectivity index (χ0n) is 22.2. The van der Waals surface area contributed by atoms with Crippen molar-refractivity contribution in [2.45, 2.75) is 76.0 Å². The van der Waals surface area contributed by atoms with E-state index >= 15 is 0 Å². The van der Waals surface area contributed by atoms with Gasteiger partial charge in [0.2, 0.25) is 0 Å². The summed E-state index contributed by atoms with van der Waals surface area (Å²) in [6.45, 7) is 0. The van der Waals surface area contributed by atoms with Gasteiger partial charge in [0.1, 0.15) is 0 Å². The third kappa shape index (κ3) is 4.54. The van der Waals surface area contributed by atoms with Gasteiger partial charge in [-0.2, -0.15) is 0 Å². The summed E-state index contributed by atoms with van der Waals surface area (Å²) in [6.07, 6.45) is 13.7. The standard InChI is InChI=1S/C36H37NS/c1-3-10-26(11-4-1)28-18-22-30(23-19-28)37(31-24-20-29(21-25-31)27-12-5-2-6-13-27)33-15-9-17-35-36(33)32-14-7-8-16-34(32)38-35/h7-9,14-27H,1-6,10-13H2. The fraction of sp³-hybridized carbons (Fsp3) is 0.333. The van der Waals surface area contributed by atoms with Crippen LogP contribution in [-0.4, -0.2) is 0 Å². The number of hydrogen-bond donors (Lipinski definition) is 0. The van der Waals surface area contributed by atoms with Crippen molar-refractivity contribution in [3.63, 3.8) is 0 Å². The lowest BCUT2D eigenvalue weighted by Crippen LogP contribution is -2.11. The first-order valence-corrected chi connectivity index (χ1v) is 15.6. The lowest BCUT2D eigenvalue weighted by Gasteiger charge is -2.28. The molecule has 0 N–H and O–H groups in total. The number of fused-ring (bicyclic) bond motifs is 3. The number of nitrogens with zero attached hydrogens (tertiary/aromatic N) is 1. The summed E-state index contributed by atoms with van der Waals surface area (Å²) in [5.41, 5.74) is 6.80. The monoisotopic (exact) mass is 515 g/mol. The van der Waals surface area contributed by atoms with E-state index in [4.69, 9.17) is 0 Å². The van der Waals surface area contributed by atoms with Crippen LogP contribution in [0.15, 0.2) is 91.0 Å². The first kappa shape index (κ1) is 24.0. The van der Waals surface area contributed by atoms with E-state index in [9.17, 15) is 0 Å². The molecule has 1 aromatic heterocycles. The van der Waals surface area contributed by atoms with Crippen molar-refractivity contribution >= 4 is 48.6 Å². The number of rotatable bonds is 5. The summed E-state index contributed by atoms with van der Waals surface area (Å²) >= 11 is 1.90. The lowest BCUT2D eigenvalue weighted by atomic mass is 9.84. The second kappa shape index (κ2) is 10.6. The van der Waals surface area contributed by atoms with Crippen LogP contribution in [0.5, 0.6) is 0 Å². The summed E-state index contributed by atoms with van der Waals surface area (Å²) in [5, 5.41) is 2.71. The van der Waals surface area contributed by atoms with Crippen LogP contribution in [0.4, 0.5) is 17.1 Å². The van der Waals surface area contributed by atoms with Crippen LogP contribution in [-0.2, 0) is 0 Å². The van der Waals surface area contributed by atoms with Gasteiger partial charge in [0.15, 0.2) is 0 Å². The van der Waals surface area contributed by atoms with Crippen molar-refractivity contribution in [1.82, 2.24) is 0 Å². The smallest absolute Gasteiger partial charge is 0.0554 e. The molecule has 0 atom stereocenters. The molecular weight excluding hydrogens is 478 g/mol. The Kier molecular flexibility index (Phi) is 6.67. The largest absolute Gasteiger partial charge is 0.310 e. The van der Waals surface area contributed by atoms with Crippen molar-refractivity contribution in [2.75, 3.05) is 4.90 Å². The van der Waals surface area contributed by atoms with Crippen molar-refractivity contribution in [3.05, 3.63) is 102 Å². The molecule has 2 aliphatic carbocycles. The van der Waals surface area contributed by atoms with Gasteiger partial charge in [-0.05, 0) is 91.1 Å². The Morgan fingerprint density at radius 2 is 1.03 bits per heavy atom. The van der Waals surface area contributed by atoms with Crippen molar-refractivity contribution in [1.29, 1.82) is 0 Å². The van der Waals surface area contributed by atoms with Crippen LogP contribution in [0.2, 0.25) is 0 Å². The number of thiophene rings is 1. The first-order valence-electron chi connectivity index (χ1n) is 14.8. The van der Waals surface area contributed by atoms with E-state index in [1.807, 2.05) is 11.3 Å². The molecule has 0 amide bonds. The second-order valence-corrected chi connectivity index (χ2v) is 12.5. The summed E-state index contributed by atoms with van der Waals surface area (Å²) in [6, 6.07) is 34.8. The molecule has 0 aliphatic heterocycles. The molecule has 0 spiro atoms. The number of anilines is 3. The normalized spacial score (nSPS) is 17.3. The highest BCUT2D eigenvalue weighted by atomic mass is 32.1. The molecule has 2 aliphatic rings. The average molecular weight is 516 g/mol. The predicted octanol–water partition coefficient (Wildman–Crippen LogP) is 11.6. The third-order valence-corrected chi connectivity index (χ3v) is 10.2. The van der Waals surface area contributed by atoms with Crippen LogP contribution >= 0.6 is 11.3 Å². The van der Waals surface area contributed by atoms with Gasteiger partial charge < -0.3 is 4.90 Å². The van der Waals surface area contributed by atoms with Crippen molar-refractivity contribution in [2.24, 2.45) is 0 Å². The number of hydrogen-bond acceptors (Lipinski definition) is 2. The van der Waals surface area contributed by atoms with Crippen LogP contribution < -0.4 is 4.90 Å². The van der Waals surface area contributed by atoms with Gasteiger partial charge in [0.05, 0.1) is 5.69 Å². The van der Waals surface area contributed by atoms with Gasteiger partial charge in [0.25, 0.3) is 0 Å². The molecule has 0 radical (unpaired) electrons. The van der Waals surface area contributed by atoms with Gasteiger partial charge in [-0.25, -0.2) is 0 Å². The fourth-order valence-electron chi connectivity index (χ4n) is 7.03. The van der Waals surface area contributed by atoms with Crippen LogP contribution in [0.1, 0.15) is 87.2 Å². The van der Waals surface area contributed by atoms with Crippen molar-refractivity contribution < 1.29 is 0 Å². The molecule has 5 aromatic rings. The Morgan fingerprint density at radius 3 is 1.61 bits per heavy atom.